The van der Waals surface area contributed by atoms with Gasteiger partial charge in [-0.15, -0.1) is 5.10 Å². The number of halogens is 1. The first-order chi connectivity index (χ1) is 14.0. The molecular weight excluding hydrogens is 391 g/mol. The number of methoxy groups -OCH3 is 1. The SMILES string of the molecule is COc1ccc(-c2nc3sc(CCNC(=O)c4ccc(F)cc4)c(C)n3n2)cc1. The second kappa shape index (κ2) is 8.00. The second-order valence-corrected chi connectivity index (χ2v) is 7.54. The van der Waals surface area contributed by atoms with Crippen LogP contribution in [0.2, 0.25) is 0 Å². The maximum Gasteiger partial charge on any atom is 0.251 e. The number of amides is 1. The number of benzene rings is 2. The van der Waals surface area contributed by atoms with Gasteiger partial charge in [-0.1, -0.05) is 11.3 Å². The van der Waals surface area contributed by atoms with E-state index in [0.29, 0.717) is 24.4 Å². The van der Waals surface area contributed by atoms with Gasteiger partial charge in [-0.2, -0.15) is 4.98 Å². The Kier molecular flexibility index (Phi) is 5.26. The van der Waals surface area contributed by atoms with Gasteiger partial charge in [0.05, 0.1) is 12.8 Å². The predicted octanol–water partition coefficient (Wildman–Crippen LogP) is 3.89. The van der Waals surface area contributed by atoms with Crippen molar-refractivity contribution in [2.75, 3.05) is 13.7 Å². The van der Waals surface area contributed by atoms with Crippen LogP contribution in [-0.2, 0) is 6.42 Å². The number of thiazole rings is 1. The molecule has 0 saturated heterocycles. The third kappa shape index (κ3) is 3.97. The molecule has 0 fully saturated rings. The summed E-state index contributed by atoms with van der Waals surface area (Å²) in [6.07, 6.45) is 0.673. The van der Waals surface area contributed by atoms with Crippen molar-refractivity contribution in [2.24, 2.45) is 0 Å². The summed E-state index contributed by atoms with van der Waals surface area (Å²) in [5.74, 6) is 0.874. The van der Waals surface area contributed by atoms with Crippen LogP contribution < -0.4 is 10.1 Å². The van der Waals surface area contributed by atoms with E-state index in [1.165, 1.54) is 24.3 Å². The number of nitrogens with zero attached hydrogens (tertiary/aromatic N) is 3. The first kappa shape index (κ1) is 19.1. The first-order valence-electron chi connectivity index (χ1n) is 9.08. The normalized spacial score (nSPS) is 11.0. The molecule has 4 aromatic rings. The van der Waals surface area contributed by atoms with Crippen molar-refractivity contribution in [3.05, 3.63) is 70.5 Å². The monoisotopic (exact) mass is 410 g/mol. The Balaban J connectivity index is 1.43. The van der Waals surface area contributed by atoms with E-state index in [-0.39, 0.29) is 11.7 Å². The average molecular weight is 410 g/mol. The van der Waals surface area contributed by atoms with Crippen LogP contribution in [0.4, 0.5) is 4.39 Å². The van der Waals surface area contributed by atoms with Gasteiger partial charge in [0.15, 0.2) is 5.82 Å². The van der Waals surface area contributed by atoms with Gasteiger partial charge >= 0.3 is 0 Å². The molecule has 0 aliphatic heterocycles. The van der Waals surface area contributed by atoms with Gasteiger partial charge in [0, 0.05) is 29.0 Å². The summed E-state index contributed by atoms with van der Waals surface area (Å²) >= 11 is 1.56. The molecule has 0 radical (unpaired) electrons. The Labute approximate surface area is 171 Å². The smallest absolute Gasteiger partial charge is 0.251 e. The van der Waals surface area contributed by atoms with Gasteiger partial charge in [0.1, 0.15) is 11.6 Å². The molecule has 0 saturated carbocycles. The fourth-order valence-electron chi connectivity index (χ4n) is 2.97. The van der Waals surface area contributed by atoms with Gasteiger partial charge in [-0.25, -0.2) is 8.91 Å². The van der Waals surface area contributed by atoms with Crippen LogP contribution in [0.15, 0.2) is 48.5 Å². The number of aromatic nitrogens is 3. The summed E-state index contributed by atoms with van der Waals surface area (Å²) < 4.78 is 20.0. The van der Waals surface area contributed by atoms with Crippen LogP contribution in [-0.4, -0.2) is 34.2 Å². The van der Waals surface area contributed by atoms with Gasteiger partial charge in [0.25, 0.3) is 5.91 Å². The molecule has 1 amide bonds. The molecule has 8 heteroatoms. The first-order valence-corrected chi connectivity index (χ1v) is 9.90. The minimum absolute atomic E-state index is 0.219. The third-order valence-electron chi connectivity index (χ3n) is 4.61. The number of nitrogens with one attached hydrogen (secondary N) is 1. The number of hydrogen-bond acceptors (Lipinski definition) is 5. The van der Waals surface area contributed by atoms with E-state index in [2.05, 4.69) is 15.4 Å². The van der Waals surface area contributed by atoms with Gasteiger partial charge < -0.3 is 10.1 Å². The molecular formula is C21H19FN4O2S. The molecule has 0 spiro atoms. The maximum absolute atomic E-state index is 13.0. The van der Waals surface area contributed by atoms with Crippen molar-refractivity contribution >= 4 is 22.2 Å². The van der Waals surface area contributed by atoms with Crippen molar-refractivity contribution in [1.29, 1.82) is 0 Å². The Morgan fingerprint density at radius 2 is 1.90 bits per heavy atom. The van der Waals surface area contributed by atoms with E-state index in [1.54, 1.807) is 18.4 Å². The zero-order chi connectivity index (χ0) is 20.4. The molecule has 2 aromatic heterocycles. The average Bonchev–Trinajstić information content (AvgIpc) is 3.28. The Morgan fingerprint density at radius 3 is 2.55 bits per heavy atom. The summed E-state index contributed by atoms with van der Waals surface area (Å²) in [7, 11) is 1.63. The van der Waals surface area contributed by atoms with Crippen molar-refractivity contribution in [2.45, 2.75) is 13.3 Å². The lowest BCUT2D eigenvalue weighted by Crippen LogP contribution is -2.25. The van der Waals surface area contributed by atoms with E-state index in [1.807, 2.05) is 35.7 Å². The van der Waals surface area contributed by atoms with E-state index < -0.39 is 0 Å². The third-order valence-corrected chi connectivity index (χ3v) is 5.80. The van der Waals surface area contributed by atoms with Crippen LogP contribution in [0.5, 0.6) is 5.75 Å². The number of rotatable bonds is 6. The minimum atomic E-state index is -0.361. The molecule has 2 aromatic carbocycles. The predicted molar refractivity (Wildman–Crippen MR) is 110 cm³/mol. The molecule has 0 atom stereocenters. The summed E-state index contributed by atoms with van der Waals surface area (Å²) in [4.78, 5) is 18.7. The Morgan fingerprint density at radius 1 is 1.17 bits per heavy atom. The van der Waals surface area contributed by atoms with Crippen molar-refractivity contribution in [1.82, 2.24) is 19.9 Å². The maximum atomic E-state index is 13.0. The quantitative estimate of drug-likeness (QED) is 0.524. The lowest BCUT2D eigenvalue weighted by Gasteiger charge is -2.05. The highest BCUT2D eigenvalue weighted by atomic mass is 32.1. The van der Waals surface area contributed by atoms with Gasteiger partial charge in [-0.05, 0) is 55.5 Å². The number of carbonyl (C=O) groups is 1. The number of aryl methyl sites for hydroxylation is 1. The molecule has 0 bridgehead atoms. The van der Waals surface area contributed by atoms with E-state index >= 15 is 0 Å². The van der Waals surface area contributed by atoms with Crippen molar-refractivity contribution < 1.29 is 13.9 Å². The molecule has 2 heterocycles. The summed E-state index contributed by atoms with van der Waals surface area (Å²) in [5.41, 5.74) is 2.37. The molecule has 6 nitrogen and oxygen atoms in total. The van der Waals surface area contributed by atoms with Gasteiger partial charge in [0.2, 0.25) is 4.96 Å². The molecule has 1 N–H and O–H groups in total. The minimum Gasteiger partial charge on any atom is -0.497 e. The summed E-state index contributed by atoms with van der Waals surface area (Å²) in [6.45, 7) is 2.47. The van der Waals surface area contributed by atoms with E-state index in [4.69, 9.17) is 4.74 Å². The number of hydrogen-bond donors (Lipinski definition) is 1. The molecule has 0 unspecified atom stereocenters. The van der Waals surface area contributed by atoms with Crippen molar-refractivity contribution in [3.63, 3.8) is 0 Å². The zero-order valence-electron chi connectivity index (χ0n) is 16.0. The fraction of sp³-hybridized carbons (Fsp3) is 0.190. The lowest BCUT2D eigenvalue weighted by atomic mass is 10.2. The van der Waals surface area contributed by atoms with Crippen LogP contribution in [0.1, 0.15) is 20.9 Å². The highest BCUT2D eigenvalue weighted by molar-refractivity contribution is 7.17. The number of fused-ring (bicyclic) bond motifs is 1. The van der Waals surface area contributed by atoms with E-state index in [9.17, 15) is 9.18 Å². The lowest BCUT2D eigenvalue weighted by molar-refractivity contribution is 0.0954. The largest absolute Gasteiger partial charge is 0.497 e. The fourth-order valence-corrected chi connectivity index (χ4v) is 4.03. The standard InChI is InChI=1S/C21H19FN4O2S/c1-13-18(11-12-23-20(27)15-3-7-16(22)8-4-15)29-21-24-19(25-26(13)21)14-5-9-17(28-2)10-6-14/h3-10H,11-12H2,1-2H3,(H,23,27). The van der Waals surface area contributed by atoms with Crippen LogP contribution in [0, 0.1) is 12.7 Å². The zero-order valence-corrected chi connectivity index (χ0v) is 16.8. The number of ether oxygens (including phenoxy) is 1. The highest BCUT2D eigenvalue weighted by Crippen LogP contribution is 2.26. The molecule has 29 heavy (non-hydrogen) atoms. The molecule has 0 aliphatic rings. The number of carbonyl (C=O) groups excluding carboxylic acids is 1. The molecule has 148 valence electrons. The van der Waals surface area contributed by atoms with E-state index in [0.717, 1.165) is 26.8 Å². The topological polar surface area (TPSA) is 68.5 Å². The summed E-state index contributed by atoms with van der Waals surface area (Å²) in [6, 6.07) is 13.1. The van der Waals surface area contributed by atoms with Gasteiger partial charge in [-0.3, -0.25) is 4.79 Å². The van der Waals surface area contributed by atoms with Crippen LogP contribution in [0.3, 0.4) is 0 Å². The Hall–Kier alpha value is -3.26. The Bertz CT molecular complexity index is 1150. The summed E-state index contributed by atoms with van der Waals surface area (Å²) in [5, 5.41) is 7.47. The van der Waals surface area contributed by atoms with Crippen LogP contribution in [0.25, 0.3) is 16.3 Å². The highest BCUT2D eigenvalue weighted by Gasteiger charge is 2.15. The van der Waals surface area contributed by atoms with Crippen molar-refractivity contribution in [3.8, 4) is 17.1 Å². The molecule has 4 rings (SSSR count). The second-order valence-electron chi connectivity index (χ2n) is 6.48. The molecule has 0 aliphatic carbocycles. The van der Waals surface area contributed by atoms with Crippen LogP contribution >= 0.6 is 11.3 Å².